The summed E-state index contributed by atoms with van der Waals surface area (Å²) < 4.78 is 10.2. The first-order valence-corrected chi connectivity index (χ1v) is 5.27. The number of primary amides is 2. The summed E-state index contributed by atoms with van der Waals surface area (Å²) in [7, 11) is 1.51. The quantitative estimate of drug-likeness (QED) is 0.832. The number of methoxy groups -OCH3 is 1. The molecule has 7 nitrogen and oxygen atoms in total. The number of ether oxygens (including phenoxy) is 1. The van der Waals surface area contributed by atoms with Gasteiger partial charge in [0.1, 0.15) is 5.75 Å². The van der Waals surface area contributed by atoms with Gasteiger partial charge in [-0.15, -0.1) is 0 Å². The molecule has 0 bridgehead atoms. The van der Waals surface area contributed by atoms with E-state index < -0.39 is 11.8 Å². The maximum atomic E-state index is 11.2. The standard InChI is InChI=1S/C12H11N3O4/c1-18-7-4-2-3-6(5-7)12-15-8(10(13)16)9(19-12)11(14)17/h2-5H,1H3,(H2,13,16)(H2,14,17). The van der Waals surface area contributed by atoms with E-state index >= 15 is 0 Å². The first-order chi connectivity index (χ1) is 9.02. The van der Waals surface area contributed by atoms with E-state index in [2.05, 4.69) is 4.98 Å². The van der Waals surface area contributed by atoms with Gasteiger partial charge in [0.2, 0.25) is 11.7 Å². The van der Waals surface area contributed by atoms with Gasteiger partial charge < -0.3 is 20.6 Å². The molecule has 0 saturated heterocycles. The third-order valence-corrected chi connectivity index (χ3v) is 2.40. The lowest BCUT2D eigenvalue weighted by Gasteiger charge is -2.00. The maximum absolute atomic E-state index is 11.2. The average Bonchev–Trinajstić information content (AvgIpc) is 2.84. The van der Waals surface area contributed by atoms with Crippen LogP contribution in [0.3, 0.4) is 0 Å². The Bertz CT molecular complexity index is 617. The number of hydrogen-bond donors (Lipinski definition) is 2. The Kier molecular flexibility index (Phi) is 3.19. The van der Waals surface area contributed by atoms with E-state index in [1.165, 1.54) is 7.11 Å². The molecular formula is C12H11N3O4. The number of carbonyl (C=O) groups excluding carboxylic acids is 2. The van der Waals surface area contributed by atoms with Crippen molar-refractivity contribution < 1.29 is 18.7 Å². The molecule has 0 spiro atoms. The van der Waals surface area contributed by atoms with Crippen LogP contribution in [-0.4, -0.2) is 23.9 Å². The molecule has 19 heavy (non-hydrogen) atoms. The van der Waals surface area contributed by atoms with E-state index in [1.54, 1.807) is 24.3 Å². The monoisotopic (exact) mass is 261 g/mol. The van der Waals surface area contributed by atoms with Gasteiger partial charge in [0.05, 0.1) is 7.11 Å². The third kappa shape index (κ3) is 2.39. The van der Waals surface area contributed by atoms with Crippen molar-refractivity contribution in [1.29, 1.82) is 0 Å². The molecule has 1 aromatic heterocycles. The topological polar surface area (TPSA) is 121 Å². The molecule has 98 valence electrons. The smallest absolute Gasteiger partial charge is 0.287 e. The predicted molar refractivity (Wildman–Crippen MR) is 65.5 cm³/mol. The summed E-state index contributed by atoms with van der Waals surface area (Å²) in [5.74, 6) is -1.49. The number of hydrogen-bond acceptors (Lipinski definition) is 5. The van der Waals surface area contributed by atoms with Crippen LogP contribution >= 0.6 is 0 Å². The summed E-state index contributed by atoms with van der Waals surface area (Å²) in [6.45, 7) is 0. The number of aromatic nitrogens is 1. The average molecular weight is 261 g/mol. The molecule has 0 aliphatic rings. The van der Waals surface area contributed by atoms with E-state index in [0.717, 1.165) is 0 Å². The van der Waals surface area contributed by atoms with Gasteiger partial charge in [0.15, 0.2) is 5.69 Å². The number of carbonyl (C=O) groups is 2. The Hall–Kier alpha value is -2.83. The molecule has 2 amide bonds. The summed E-state index contributed by atoms with van der Waals surface area (Å²) >= 11 is 0. The van der Waals surface area contributed by atoms with Gasteiger partial charge in [-0.25, -0.2) is 4.98 Å². The highest BCUT2D eigenvalue weighted by Gasteiger charge is 2.22. The number of nitrogens with zero attached hydrogens (tertiary/aromatic N) is 1. The second kappa shape index (κ2) is 4.81. The highest BCUT2D eigenvalue weighted by molar-refractivity contribution is 6.03. The normalized spacial score (nSPS) is 10.2. The fourth-order valence-corrected chi connectivity index (χ4v) is 1.53. The van der Waals surface area contributed by atoms with Crippen LogP contribution in [0.5, 0.6) is 5.75 Å². The lowest BCUT2D eigenvalue weighted by Crippen LogP contribution is -2.19. The molecule has 1 heterocycles. The number of benzene rings is 1. The van der Waals surface area contributed by atoms with Crippen molar-refractivity contribution in [2.45, 2.75) is 0 Å². The number of nitrogens with two attached hydrogens (primary N) is 2. The fraction of sp³-hybridized carbons (Fsp3) is 0.0833. The minimum absolute atomic E-state index is 0.0708. The van der Waals surface area contributed by atoms with Crippen LogP contribution in [0.1, 0.15) is 21.0 Å². The van der Waals surface area contributed by atoms with Gasteiger partial charge in [-0.2, -0.15) is 0 Å². The van der Waals surface area contributed by atoms with Crippen molar-refractivity contribution in [2.75, 3.05) is 7.11 Å². The zero-order valence-electron chi connectivity index (χ0n) is 10.0. The van der Waals surface area contributed by atoms with Crippen LogP contribution in [0.4, 0.5) is 0 Å². The molecule has 0 atom stereocenters. The molecule has 0 unspecified atom stereocenters. The second-order valence-electron chi connectivity index (χ2n) is 3.66. The molecular weight excluding hydrogens is 250 g/mol. The van der Waals surface area contributed by atoms with Crippen molar-refractivity contribution in [1.82, 2.24) is 4.98 Å². The van der Waals surface area contributed by atoms with Crippen molar-refractivity contribution in [3.8, 4) is 17.2 Å². The minimum Gasteiger partial charge on any atom is -0.497 e. The molecule has 4 N–H and O–H groups in total. The summed E-state index contributed by atoms with van der Waals surface area (Å²) in [6.07, 6.45) is 0. The molecule has 0 radical (unpaired) electrons. The highest BCUT2D eigenvalue weighted by atomic mass is 16.5. The van der Waals surface area contributed by atoms with Crippen molar-refractivity contribution in [3.63, 3.8) is 0 Å². The molecule has 2 rings (SSSR count). The van der Waals surface area contributed by atoms with Crippen LogP contribution in [0.2, 0.25) is 0 Å². The number of amides is 2. The van der Waals surface area contributed by atoms with Gasteiger partial charge >= 0.3 is 0 Å². The van der Waals surface area contributed by atoms with Crippen LogP contribution < -0.4 is 16.2 Å². The fourth-order valence-electron chi connectivity index (χ4n) is 1.53. The van der Waals surface area contributed by atoms with E-state index in [0.29, 0.717) is 11.3 Å². The second-order valence-corrected chi connectivity index (χ2v) is 3.66. The summed E-state index contributed by atoms with van der Waals surface area (Å²) in [4.78, 5) is 26.2. The molecule has 0 aliphatic heterocycles. The van der Waals surface area contributed by atoms with Crippen molar-refractivity contribution in [2.24, 2.45) is 11.5 Å². The van der Waals surface area contributed by atoms with Gasteiger partial charge in [0.25, 0.3) is 11.8 Å². The summed E-state index contributed by atoms with van der Waals surface area (Å²) in [6, 6.07) is 6.77. The van der Waals surface area contributed by atoms with Gasteiger partial charge in [-0.3, -0.25) is 9.59 Å². The highest BCUT2D eigenvalue weighted by Crippen LogP contribution is 2.25. The molecule has 0 aliphatic carbocycles. The predicted octanol–water partition coefficient (Wildman–Crippen LogP) is 0.548. The first kappa shape index (κ1) is 12.6. The Morgan fingerprint density at radius 1 is 1.26 bits per heavy atom. The Morgan fingerprint density at radius 2 is 2.00 bits per heavy atom. The summed E-state index contributed by atoms with van der Waals surface area (Å²) in [5, 5.41) is 0. The molecule has 0 saturated carbocycles. The number of oxazole rings is 1. The van der Waals surface area contributed by atoms with E-state index in [1.807, 2.05) is 0 Å². The largest absolute Gasteiger partial charge is 0.497 e. The van der Waals surface area contributed by atoms with Crippen LogP contribution in [-0.2, 0) is 0 Å². The lowest BCUT2D eigenvalue weighted by molar-refractivity contribution is 0.0946. The summed E-state index contributed by atoms with van der Waals surface area (Å²) in [5.41, 5.74) is 10.5. The van der Waals surface area contributed by atoms with Gasteiger partial charge in [0, 0.05) is 5.56 Å². The first-order valence-electron chi connectivity index (χ1n) is 5.27. The van der Waals surface area contributed by atoms with E-state index in [9.17, 15) is 9.59 Å². The minimum atomic E-state index is -0.907. The zero-order chi connectivity index (χ0) is 14.0. The van der Waals surface area contributed by atoms with E-state index in [4.69, 9.17) is 20.6 Å². The molecule has 2 aromatic rings. The van der Waals surface area contributed by atoms with Crippen LogP contribution in [0.15, 0.2) is 28.7 Å². The SMILES string of the molecule is COc1cccc(-c2nc(C(N)=O)c(C(N)=O)o2)c1. The Morgan fingerprint density at radius 3 is 2.53 bits per heavy atom. The lowest BCUT2D eigenvalue weighted by atomic mass is 10.2. The van der Waals surface area contributed by atoms with Gasteiger partial charge in [-0.1, -0.05) is 6.07 Å². The molecule has 1 aromatic carbocycles. The number of rotatable bonds is 4. The van der Waals surface area contributed by atoms with Crippen molar-refractivity contribution >= 4 is 11.8 Å². The van der Waals surface area contributed by atoms with Crippen LogP contribution in [0, 0.1) is 0 Å². The molecule has 0 fully saturated rings. The molecule has 7 heteroatoms. The van der Waals surface area contributed by atoms with Gasteiger partial charge in [-0.05, 0) is 18.2 Å². The Balaban J connectivity index is 2.53. The maximum Gasteiger partial charge on any atom is 0.287 e. The Labute approximate surface area is 108 Å². The zero-order valence-corrected chi connectivity index (χ0v) is 10.0. The third-order valence-electron chi connectivity index (χ3n) is 2.40. The van der Waals surface area contributed by atoms with Crippen LogP contribution in [0.25, 0.3) is 11.5 Å². The van der Waals surface area contributed by atoms with E-state index in [-0.39, 0.29) is 17.3 Å². The van der Waals surface area contributed by atoms with Crippen molar-refractivity contribution in [3.05, 3.63) is 35.7 Å².